The van der Waals surface area contributed by atoms with Crippen LogP contribution in [0.1, 0.15) is 11.4 Å². The number of fused-ring (bicyclic) bond motifs is 1. The summed E-state index contributed by atoms with van der Waals surface area (Å²) in [6, 6.07) is 5.50. The molecule has 3 heterocycles. The predicted octanol–water partition coefficient (Wildman–Crippen LogP) is 3.92. The number of hydroxylamine groups is 3. The lowest BCUT2D eigenvalue weighted by Gasteiger charge is -2.16. The first-order valence-corrected chi connectivity index (χ1v) is 9.15. The number of nitrogens with zero attached hydrogens (tertiary/aromatic N) is 4. The zero-order chi connectivity index (χ0) is 17.4. The standard InChI is InChI=1S/C16H13Cl2N5OS/c1-22-15(10-5-6-23-11(7-10)8-19-24-23)20-21-16(22)25-9-12-13(17)3-2-4-14(12)18/h2-8,19H,9H2,1H3. The van der Waals surface area contributed by atoms with Crippen molar-refractivity contribution in [1.29, 1.82) is 0 Å². The maximum atomic E-state index is 6.23. The van der Waals surface area contributed by atoms with Gasteiger partial charge in [-0.15, -0.1) is 10.2 Å². The van der Waals surface area contributed by atoms with Crippen LogP contribution in [0.3, 0.4) is 0 Å². The Bertz CT molecular complexity index is 901. The second-order valence-electron chi connectivity index (χ2n) is 5.37. The molecule has 128 valence electrons. The smallest absolute Gasteiger partial charge is 0.191 e. The molecule has 1 aromatic carbocycles. The highest BCUT2D eigenvalue weighted by atomic mass is 35.5. The number of allylic oxidation sites excluding steroid dienone is 3. The molecule has 4 rings (SSSR count). The zero-order valence-corrected chi connectivity index (χ0v) is 15.4. The summed E-state index contributed by atoms with van der Waals surface area (Å²) in [5.74, 6) is 1.40. The average molecular weight is 394 g/mol. The Kier molecular flexibility index (Phi) is 4.47. The minimum atomic E-state index is 0.621. The van der Waals surface area contributed by atoms with E-state index in [1.165, 1.54) is 11.8 Å². The van der Waals surface area contributed by atoms with Gasteiger partial charge in [0.05, 0.1) is 11.9 Å². The number of hydrogen-bond acceptors (Lipinski definition) is 6. The van der Waals surface area contributed by atoms with Crippen molar-refractivity contribution < 1.29 is 4.94 Å². The van der Waals surface area contributed by atoms with Gasteiger partial charge in [-0.2, -0.15) is 4.94 Å². The number of hydrogen-bond donors (Lipinski definition) is 1. The van der Waals surface area contributed by atoms with Crippen molar-refractivity contribution in [2.45, 2.75) is 10.9 Å². The molecule has 0 aliphatic carbocycles. The van der Waals surface area contributed by atoms with Gasteiger partial charge in [-0.1, -0.05) is 41.0 Å². The van der Waals surface area contributed by atoms with Gasteiger partial charge >= 0.3 is 0 Å². The van der Waals surface area contributed by atoms with Gasteiger partial charge in [0.15, 0.2) is 11.0 Å². The summed E-state index contributed by atoms with van der Waals surface area (Å²) in [4.78, 5) is 5.17. The maximum Gasteiger partial charge on any atom is 0.191 e. The summed E-state index contributed by atoms with van der Waals surface area (Å²) in [6.45, 7) is 0. The highest BCUT2D eigenvalue weighted by molar-refractivity contribution is 7.98. The molecule has 2 aliphatic rings. The molecular weight excluding hydrogens is 381 g/mol. The second-order valence-corrected chi connectivity index (χ2v) is 7.13. The SMILES string of the molecule is Cn1c(SCc2c(Cl)cccc2Cl)nnc1C1=CC2=CNON2C=C1. The molecule has 6 nitrogen and oxygen atoms in total. The summed E-state index contributed by atoms with van der Waals surface area (Å²) in [7, 11) is 1.94. The normalized spacial score (nSPS) is 15.7. The molecule has 0 fully saturated rings. The lowest BCUT2D eigenvalue weighted by molar-refractivity contribution is -0.112. The van der Waals surface area contributed by atoms with E-state index in [-0.39, 0.29) is 0 Å². The fraction of sp³-hybridized carbons (Fsp3) is 0.125. The number of nitrogens with one attached hydrogen (secondary N) is 1. The summed E-state index contributed by atoms with van der Waals surface area (Å²) >= 11 is 14.0. The molecule has 1 N–H and O–H groups in total. The fourth-order valence-corrected chi connectivity index (χ4v) is 4.13. The molecule has 2 aliphatic heterocycles. The van der Waals surface area contributed by atoms with E-state index in [0.29, 0.717) is 15.8 Å². The highest BCUT2D eigenvalue weighted by Crippen LogP contribution is 2.32. The summed E-state index contributed by atoms with van der Waals surface area (Å²) in [6.07, 6.45) is 7.50. The minimum absolute atomic E-state index is 0.621. The van der Waals surface area contributed by atoms with E-state index in [9.17, 15) is 0 Å². The molecule has 0 amide bonds. The quantitative estimate of drug-likeness (QED) is 0.794. The molecule has 0 radical (unpaired) electrons. The fourth-order valence-electron chi connectivity index (χ4n) is 2.48. The van der Waals surface area contributed by atoms with E-state index < -0.39 is 0 Å². The second kappa shape index (κ2) is 6.76. The lowest BCUT2D eigenvalue weighted by atomic mass is 10.1. The summed E-state index contributed by atoms with van der Waals surface area (Å²) < 4.78 is 1.95. The van der Waals surface area contributed by atoms with Gasteiger partial charge in [0, 0.05) is 34.6 Å². The van der Waals surface area contributed by atoms with Crippen molar-refractivity contribution in [3.05, 3.63) is 69.9 Å². The molecule has 0 atom stereocenters. The Morgan fingerprint density at radius 1 is 1.24 bits per heavy atom. The van der Waals surface area contributed by atoms with Gasteiger partial charge < -0.3 is 4.57 Å². The van der Waals surface area contributed by atoms with Crippen LogP contribution in [0.25, 0.3) is 5.57 Å². The number of aromatic nitrogens is 3. The predicted molar refractivity (Wildman–Crippen MR) is 98.3 cm³/mol. The Balaban J connectivity index is 1.55. The van der Waals surface area contributed by atoms with E-state index in [2.05, 4.69) is 15.7 Å². The third-order valence-electron chi connectivity index (χ3n) is 3.81. The van der Waals surface area contributed by atoms with E-state index >= 15 is 0 Å². The summed E-state index contributed by atoms with van der Waals surface area (Å²) in [5, 5.41) is 12.3. The van der Waals surface area contributed by atoms with E-state index in [4.69, 9.17) is 28.1 Å². The van der Waals surface area contributed by atoms with Crippen molar-refractivity contribution in [2.24, 2.45) is 7.05 Å². The van der Waals surface area contributed by atoms with Gasteiger partial charge in [0.25, 0.3) is 0 Å². The van der Waals surface area contributed by atoms with Crippen LogP contribution in [-0.4, -0.2) is 19.8 Å². The minimum Gasteiger partial charge on any atom is -0.305 e. The van der Waals surface area contributed by atoms with Crippen LogP contribution in [0, 0.1) is 0 Å². The van der Waals surface area contributed by atoms with Crippen molar-refractivity contribution in [3.63, 3.8) is 0 Å². The number of rotatable bonds is 4. The lowest BCUT2D eigenvalue weighted by Crippen LogP contribution is -2.16. The molecule has 0 saturated carbocycles. The molecule has 25 heavy (non-hydrogen) atoms. The number of thioether (sulfide) groups is 1. The molecule has 0 spiro atoms. The molecule has 1 aromatic heterocycles. The van der Waals surface area contributed by atoms with Crippen LogP contribution in [0.4, 0.5) is 0 Å². The molecule has 0 bridgehead atoms. The van der Waals surface area contributed by atoms with Crippen molar-refractivity contribution in [2.75, 3.05) is 0 Å². The topological polar surface area (TPSA) is 55.2 Å². The van der Waals surface area contributed by atoms with E-state index in [0.717, 1.165) is 27.8 Å². The Morgan fingerprint density at radius 2 is 2.04 bits per heavy atom. The summed E-state index contributed by atoms with van der Waals surface area (Å²) in [5.41, 5.74) is 5.45. The van der Waals surface area contributed by atoms with Crippen LogP contribution >= 0.6 is 35.0 Å². The van der Waals surface area contributed by atoms with Crippen molar-refractivity contribution in [1.82, 2.24) is 25.3 Å². The first-order valence-electron chi connectivity index (χ1n) is 7.41. The molecule has 2 aromatic rings. The van der Waals surface area contributed by atoms with Crippen LogP contribution in [0.15, 0.2) is 53.6 Å². The van der Waals surface area contributed by atoms with Crippen LogP contribution in [0.5, 0.6) is 0 Å². The van der Waals surface area contributed by atoms with Gasteiger partial charge in [-0.3, -0.25) is 0 Å². The van der Waals surface area contributed by atoms with E-state index in [1.54, 1.807) is 11.3 Å². The van der Waals surface area contributed by atoms with Crippen LogP contribution < -0.4 is 5.48 Å². The third kappa shape index (κ3) is 3.16. The van der Waals surface area contributed by atoms with Gasteiger partial charge in [0.1, 0.15) is 0 Å². The van der Waals surface area contributed by atoms with E-state index in [1.807, 2.05) is 48.2 Å². The number of halogens is 2. The first-order chi connectivity index (χ1) is 12.1. The Hall–Kier alpha value is -1.93. The molecular formula is C16H13Cl2N5OS. The monoisotopic (exact) mass is 393 g/mol. The van der Waals surface area contributed by atoms with Crippen LogP contribution in [-0.2, 0) is 17.7 Å². The largest absolute Gasteiger partial charge is 0.305 e. The Labute approximate surface area is 158 Å². The first kappa shape index (κ1) is 16.5. The number of benzene rings is 1. The Morgan fingerprint density at radius 3 is 2.84 bits per heavy atom. The van der Waals surface area contributed by atoms with Gasteiger partial charge in [-0.05, 0) is 29.8 Å². The third-order valence-corrected chi connectivity index (χ3v) is 5.56. The molecule has 0 saturated heterocycles. The highest BCUT2D eigenvalue weighted by Gasteiger charge is 2.20. The maximum absolute atomic E-state index is 6.23. The van der Waals surface area contributed by atoms with Crippen LogP contribution in [0.2, 0.25) is 10.0 Å². The van der Waals surface area contributed by atoms with Crippen molar-refractivity contribution >= 4 is 40.5 Å². The van der Waals surface area contributed by atoms with Gasteiger partial charge in [-0.25, -0.2) is 10.5 Å². The average Bonchev–Trinajstić information content (AvgIpc) is 3.20. The zero-order valence-electron chi connectivity index (χ0n) is 13.1. The molecule has 0 unspecified atom stereocenters. The van der Waals surface area contributed by atoms with Crippen molar-refractivity contribution in [3.8, 4) is 0 Å². The molecule has 9 heteroatoms. The van der Waals surface area contributed by atoms with Gasteiger partial charge in [0.2, 0.25) is 0 Å².